The van der Waals surface area contributed by atoms with Gasteiger partial charge in [0.1, 0.15) is 5.01 Å². The second kappa shape index (κ2) is 4.00. The zero-order valence-corrected chi connectivity index (χ0v) is 8.99. The Morgan fingerprint density at radius 3 is 3.00 bits per heavy atom. The number of hydrogen-bond acceptors (Lipinski definition) is 4. The fourth-order valence-electron chi connectivity index (χ4n) is 1.18. The molecular weight excluding hydrogens is 214 g/mol. The summed E-state index contributed by atoms with van der Waals surface area (Å²) in [6, 6.07) is 8.03. The van der Waals surface area contributed by atoms with Crippen molar-refractivity contribution in [1.29, 1.82) is 0 Å². The van der Waals surface area contributed by atoms with E-state index in [1.165, 1.54) is 4.70 Å². The van der Waals surface area contributed by atoms with Gasteiger partial charge >= 0.3 is 0 Å². The van der Waals surface area contributed by atoms with Crippen molar-refractivity contribution in [3.8, 4) is 0 Å². The quantitative estimate of drug-likeness (QED) is 0.461. The van der Waals surface area contributed by atoms with Crippen molar-refractivity contribution in [3.63, 3.8) is 0 Å². The molecular formula is C9H9N3S2. The van der Waals surface area contributed by atoms with E-state index in [4.69, 9.17) is 18.1 Å². The first kappa shape index (κ1) is 9.51. The molecule has 0 bridgehead atoms. The standard InChI is InChI=1S/C9H9N3S2/c10-12-8(13)5-9-11-6-3-1-2-4-7(6)14-9/h1-4H,5,10H2,(H,12,13). The molecule has 3 N–H and O–H groups in total. The zero-order valence-electron chi connectivity index (χ0n) is 7.36. The number of hydrogen-bond donors (Lipinski definition) is 2. The number of thiazole rings is 1. The maximum absolute atomic E-state index is 5.20. The van der Waals surface area contributed by atoms with Gasteiger partial charge in [-0.05, 0) is 12.1 Å². The van der Waals surface area contributed by atoms with Gasteiger partial charge in [-0.2, -0.15) is 0 Å². The molecule has 3 nitrogen and oxygen atoms in total. The van der Waals surface area contributed by atoms with Crippen LogP contribution in [-0.4, -0.2) is 9.97 Å². The van der Waals surface area contributed by atoms with Crippen LogP contribution >= 0.6 is 23.6 Å². The lowest BCUT2D eigenvalue weighted by Crippen LogP contribution is -2.29. The van der Waals surface area contributed by atoms with E-state index in [2.05, 4.69) is 16.5 Å². The smallest absolute Gasteiger partial charge is 0.101 e. The molecule has 0 saturated carbocycles. The van der Waals surface area contributed by atoms with Crippen molar-refractivity contribution in [2.75, 3.05) is 0 Å². The van der Waals surface area contributed by atoms with Gasteiger partial charge in [-0.3, -0.25) is 5.84 Å². The van der Waals surface area contributed by atoms with Gasteiger partial charge in [0.25, 0.3) is 0 Å². The Morgan fingerprint density at radius 2 is 2.29 bits per heavy atom. The summed E-state index contributed by atoms with van der Waals surface area (Å²) in [5, 5.41) is 0.995. The summed E-state index contributed by atoms with van der Waals surface area (Å²) in [5.74, 6) is 5.20. The zero-order chi connectivity index (χ0) is 9.97. The minimum atomic E-state index is 0.615. The average molecular weight is 223 g/mol. The van der Waals surface area contributed by atoms with Crippen molar-refractivity contribution < 1.29 is 0 Å². The number of nitrogens with zero attached hydrogens (tertiary/aromatic N) is 1. The third kappa shape index (κ3) is 1.89. The SMILES string of the molecule is NNC(=S)Cc1nc2ccccc2s1. The number of para-hydroxylation sites is 1. The lowest BCUT2D eigenvalue weighted by Gasteiger charge is -1.96. The summed E-state index contributed by atoms with van der Waals surface area (Å²) < 4.78 is 1.18. The summed E-state index contributed by atoms with van der Waals surface area (Å²) >= 11 is 6.62. The number of nitrogens with one attached hydrogen (secondary N) is 1. The van der Waals surface area contributed by atoms with Crippen molar-refractivity contribution in [2.24, 2.45) is 5.84 Å². The highest BCUT2D eigenvalue weighted by Gasteiger charge is 2.04. The number of aromatic nitrogens is 1. The first-order valence-corrected chi connectivity index (χ1v) is 5.36. The van der Waals surface area contributed by atoms with E-state index in [1.807, 2.05) is 18.2 Å². The van der Waals surface area contributed by atoms with Gasteiger partial charge in [0.15, 0.2) is 0 Å². The van der Waals surface area contributed by atoms with Crippen molar-refractivity contribution in [3.05, 3.63) is 29.3 Å². The summed E-state index contributed by atoms with van der Waals surface area (Å²) in [6.07, 6.45) is 0.616. The molecule has 5 heteroatoms. The van der Waals surface area contributed by atoms with Crippen LogP contribution in [0.4, 0.5) is 0 Å². The largest absolute Gasteiger partial charge is 0.318 e. The summed E-state index contributed by atoms with van der Waals surface area (Å²) in [5.41, 5.74) is 3.48. The maximum Gasteiger partial charge on any atom is 0.101 e. The van der Waals surface area contributed by atoms with Gasteiger partial charge in [0.2, 0.25) is 0 Å². The van der Waals surface area contributed by atoms with Gasteiger partial charge in [-0.1, -0.05) is 24.4 Å². The molecule has 1 heterocycles. The highest BCUT2D eigenvalue weighted by Crippen LogP contribution is 2.21. The fourth-order valence-corrected chi connectivity index (χ4v) is 2.39. The normalized spacial score (nSPS) is 10.4. The minimum absolute atomic E-state index is 0.615. The number of hydrazine groups is 1. The van der Waals surface area contributed by atoms with Crippen LogP contribution in [0.1, 0.15) is 5.01 Å². The molecule has 0 aliphatic rings. The molecule has 1 aromatic heterocycles. The molecule has 0 atom stereocenters. The van der Waals surface area contributed by atoms with Crippen molar-refractivity contribution in [1.82, 2.24) is 10.4 Å². The number of benzene rings is 1. The van der Waals surface area contributed by atoms with Crippen LogP contribution in [-0.2, 0) is 6.42 Å². The van der Waals surface area contributed by atoms with Crippen LogP contribution in [0.3, 0.4) is 0 Å². The maximum atomic E-state index is 5.20. The second-order valence-corrected chi connectivity index (χ2v) is 4.43. The molecule has 2 rings (SSSR count). The Kier molecular flexibility index (Phi) is 2.72. The molecule has 2 aromatic rings. The highest BCUT2D eigenvalue weighted by molar-refractivity contribution is 7.80. The third-order valence-corrected chi connectivity index (χ3v) is 3.11. The number of thiocarbonyl (C=S) groups is 1. The van der Waals surface area contributed by atoms with Crippen LogP contribution < -0.4 is 11.3 Å². The Balaban J connectivity index is 2.31. The number of fused-ring (bicyclic) bond motifs is 1. The van der Waals surface area contributed by atoms with E-state index in [0.29, 0.717) is 11.4 Å². The minimum Gasteiger partial charge on any atom is -0.318 e. The van der Waals surface area contributed by atoms with Crippen LogP contribution in [0.2, 0.25) is 0 Å². The first-order valence-electron chi connectivity index (χ1n) is 4.13. The van der Waals surface area contributed by atoms with E-state index in [1.54, 1.807) is 11.3 Å². The Morgan fingerprint density at radius 1 is 1.50 bits per heavy atom. The van der Waals surface area contributed by atoms with Gasteiger partial charge in [-0.25, -0.2) is 4.98 Å². The molecule has 14 heavy (non-hydrogen) atoms. The Hall–Kier alpha value is -1.04. The molecule has 0 aliphatic carbocycles. The van der Waals surface area contributed by atoms with E-state index in [-0.39, 0.29) is 0 Å². The number of rotatable bonds is 2. The lowest BCUT2D eigenvalue weighted by molar-refractivity contribution is 1.01. The molecule has 0 radical (unpaired) electrons. The van der Waals surface area contributed by atoms with Gasteiger partial charge in [-0.15, -0.1) is 11.3 Å². The van der Waals surface area contributed by atoms with E-state index < -0.39 is 0 Å². The molecule has 0 aliphatic heterocycles. The topological polar surface area (TPSA) is 50.9 Å². The predicted molar refractivity (Wildman–Crippen MR) is 63.2 cm³/mol. The summed E-state index contributed by atoms with van der Waals surface area (Å²) in [4.78, 5) is 5.05. The van der Waals surface area contributed by atoms with Crippen molar-refractivity contribution in [2.45, 2.75) is 6.42 Å². The number of nitrogens with two attached hydrogens (primary N) is 1. The first-order chi connectivity index (χ1) is 6.79. The summed E-state index contributed by atoms with van der Waals surface area (Å²) in [7, 11) is 0. The molecule has 0 unspecified atom stereocenters. The van der Waals surface area contributed by atoms with E-state index in [0.717, 1.165) is 10.5 Å². The van der Waals surface area contributed by atoms with Crippen LogP contribution in [0.5, 0.6) is 0 Å². The highest BCUT2D eigenvalue weighted by atomic mass is 32.1. The van der Waals surface area contributed by atoms with Crippen molar-refractivity contribution >= 4 is 38.8 Å². The Labute approximate surface area is 90.9 Å². The van der Waals surface area contributed by atoms with Crippen LogP contribution in [0, 0.1) is 0 Å². The molecule has 72 valence electrons. The fraction of sp³-hybridized carbons (Fsp3) is 0.111. The second-order valence-electron chi connectivity index (χ2n) is 2.82. The van der Waals surface area contributed by atoms with E-state index in [9.17, 15) is 0 Å². The van der Waals surface area contributed by atoms with Gasteiger partial charge in [0, 0.05) is 0 Å². The predicted octanol–water partition coefficient (Wildman–Crippen LogP) is 1.63. The van der Waals surface area contributed by atoms with Gasteiger partial charge in [0.05, 0.1) is 21.6 Å². The summed E-state index contributed by atoms with van der Waals surface area (Å²) in [6.45, 7) is 0. The lowest BCUT2D eigenvalue weighted by atomic mass is 10.3. The van der Waals surface area contributed by atoms with E-state index >= 15 is 0 Å². The Bertz CT molecular complexity index is 431. The monoisotopic (exact) mass is 223 g/mol. The third-order valence-electron chi connectivity index (χ3n) is 1.81. The van der Waals surface area contributed by atoms with Gasteiger partial charge < -0.3 is 5.43 Å². The molecule has 1 aromatic carbocycles. The van der Waals surface area contributed by atoms with Crippen LogP contribution in [0.15, 0.2) is 24.3 Å². The average Bonchev–Trinajstić information content (AvgIpc) is 2.59. The van der Waals surface area contributed by atoms with Crippen LogP contribution in [0.25, 0.3) is 10.2 Å². The molecule has 0 saturated heterocycles. The molecule has 0 amide bonds. The molecule has 0 fully saturated rings. The molecule has 0 spiro atoms.